The smallest absolute Gasteiger partial charge is 0.333 e. The number of methoxy groups -OCH3 is 3. The highest BCUT2D eigenvalue weighted by atomic mass is 32.2. The maximum absolute atomic E-state index is 13.9. The van der Waals surface area contributed by atoms with Gasteiger partial charge < -0.3 is 14.2 Å². The van der Waals surface area contributed by atoms with E-state index in [9.17, 15) is 31.2 Å². The number of rotatable bonds is 12. The molecule has 0 radical (unpaired) electrons. The summed E-state index contributed by atoms with van der Waals surface area (Å²) < 4.78 is 69.0. The highest BCUT2D eigenvalue weighted by Crippen LogP contribution is 2.41. The predicted molar refractivity (Wildman–Crippen MR) is 137 cm³/mol. The molecule has 0 aromatic heterocycles. The molecule has 2 rings (SSSR count). The monoisotopic (exact) mass is 564 g/mol. The zero-order chi connectivity index (χ0) is 28.7. The summed E-state index contributed by atoms with van der Waals surface area (Å²) in [6.07, 6.45) is -1.77. The second-order valence-electron chi connectivity index (χ2n) is 8.17. The average molecular weight is 565 g/mol. The molecule has 0 bridgehead atoms. The molecule has 0 aliphatic carbocycles. The summed E-state index contributed by atoms with van der Waals surface area (Å²) in [5.41, 5.74) is -2.88. The van der Waals surface area contributed by atoms with Crippen LogP contribution in [-0.4, -0.2) is 61.3 Å². The molecule has 0 amide bonds. The van der Waals surface area contributed by atoms with E-state index in [1.54, 1.807) is 12.1 Å². The lowest BCUT2D eigenvalue weighted by molar-refractivity contribution is -0.169. The highest BCUT2D eigenvalue weighted by Gasteiger charge is 2.54. The predicted octanol–water partition coefficient (Wildman–Crippen LogP) is 2.66. The zero-order valence-corrected chi connectivity index (χ0v) is 22.7. The zero-order valence-electron chi connectivity index (χ0n) is 21.1. The Morgan fingerprint density at radius 3 is 1.63 bits per heavy atom. The van der Waals surface area contributed by atoms with E-state index in [-0.39, 0.29) is 15.4 Å². The second kappa shape index (κ2) is 12.2. The Morgan fingerprint density at radius 1 is 0.763 bits per heavy atom. The number of sulfone groups is 2. The Bertz CT molecular complexity index is 1410. The van der Waals surface area contributed by atoms with Gasteiger partial charge in [-0.1, -0.05) is 49.6 Å². The van der Waals surface area contributed by atoms with Gasteiger partial charge in [-0.2, -0.15) is 0 Å². The molecule has 0 N–H and O–H groups in total. The lowest BCUT2D eigenvalue weighted by Crippen LogP contribution is -2.47. The number of esters is 3. The first kappa shape index (κ1) is 30.5. The fourth-order valence-corrected chi connectivity index (χ4v) is 7.57. The second-order valence-corrected chi connectivity index (χ2v) is 12.3. The lowest BCUT2D eigenvalue weighted by Gasteiger charge is -2.32. The van der Waals surface area contributed by atoms with Crippen molar-refractivity contribution in [1.82, 2.24) is 0 Å². The third-order valence-electron chi connectivity index (χ3n) is 5.88. The fraction of sp³-hybridized carbons (Fsp3) is 0.269. The first-order chi connectivity index (χ1) is 17.8. The quantitative estimate of drug-likeness (QED) is 0.163. The van der Waals surface area contributed by atoms with Crippen molar-refractivity contribution < 1.29 is 45.4 Å². The van der Waals surface area contributed by atoms with E-state index < -0.39 is 66.0 Å². The number of hydrogen-bond donors (Lipinski definition) is 0. The van der Waals surface area contributed by atoms with E-state index in [1.165, 1.54) is 48.5 Å². The number of benzene rings is 2. The Morgan fingerprint density at radius 2 is 1.21 bits per heavy atom. The van der Waals surface area contributed by atoms with Crippen LogP contribution in [0.25, 0.3) is 0 Å². The summed E-state index contributed by atoms with van der Waals surface area (Å²) in [5.74, 6) is -3.53. The minimum Gasteiger partial charge on any atom is -0.468 e. The molecular formula is C26H28O10S2. The van der Waals surface area contributed by atoms with E-state index in [1.807, 2.05) is 0 Å². The molecule has 2 aromatic rings. The van der Waals surface area contributed by atoms with Gasteiger partial charge in [-0.15, -0.1) is 0 Å². The molecule has 0 aliphatic rings. The van der Waals surface area contributed by atoms with Crippen molar-refractivity contribution in [3.63, 3.8) is 0 Å². The molecule has 0 aliphatic heterocycles. The molecule has 10 nitrogen and oxygen atoms in total. The van der Waals surface area contributed by atoms with E-state index in [2.05, 4.69) is 17.9 Å². The van der Waals surface area contributed by atoms with Gasteiger partial charge in [0.25, 0.3) is 0 Å². The van der Waals surface area contributed by atoms with Gasteiger partial charge >= 0.3 is 17.9 Å². The van der Waals surface area contributed by atoms with Gasteiger partial charge in [0.2, 0.25) is 9.84 Å². The number of hydrogen-bond acceptors (Lipinski definition) is 10. The molecule has 0 spiro atoms. The molecule has 1 atom stereocenters. The Hall–Kier alpha value is -3.77. The van der Waals surface area contributed by atoms with Gasteiger partial charge in [0.15, 0.2) is 15.3 Å². The van der Waals surface area contributed by atoms with Crippen LogP contribution in [0.5, 0.6) is 0 Å². The molecule has 0 fully saturated rings. The van der Waals surface area contributed by atoms with Crippen LogP contribution in [0.15, 0.2) is 94.1 Å². The summed E-state index contributed by atoms with van der Waals surface area (Å²) >= 11 is 0. The maximum Gasteiger partial charge on any atom is 0.333 e. The topological polar surface area (TPSA) is 147 Å². The van der Waals surface area contributed by atoms with Crippen LogP contribution >= 0.6 is 0 Å². The van der Waals surface area contributed by atoms with Crippen molar-refractivity contribution >= 4 is 37.6 Å². The van der Waals surface area contributed by atoms with Crippen LogP contribution in [0.3, 0.4) is 0 Å². The van der Waals surface area contributed by atoms with Crippen LogP contribution in [0.2, 0.25) is 0 Å². The molecule has 0 saturated heterocycles. The van der Waals surface area contributed by atoms with Crippen molar-refractivity contribution in [2.75, 3.05) is 21.3 Å². The minimum absolute atomic E-state index is 0.251. The molecule has 204 valence electrons. The minimum atomic E-state index is -4.61. The number of ether oxygens (including phenoxy) is 3. The van der Waals surface area contributed by atoms with Crippen molar-refractivity contribution in [2.45, 2.75) is 27.9 Å². The summed E-state index contributed by atoms with van der Waals surface area (Å²) in [6, 6.07) is 13.8. The lowest BCUT2D eigenvalue weighted by atomic mass is 9.77. The maximum atomic E-state index is 13.9. The van der Waals surface area contributed by atoms with Crippen LogP contribution in [0.1, 0.15) is 12.8 Å². The van der Waals surface area contributed by atoms with E-state index >= 15 is 0 Å². The molecule has 12 heteroatoms. The SMILES string of the molecule is C=C(CC(CC(C(=C)S(=O)(=O)c1ccccc1)S(=O)(=O)c1ccccc1)(C(=O)OC)C(=O)OC)C(=O)OC. The summed E-state index contributed by atoms with van der Waals surface area (Å²) in [7, 11) is -6.19. The summed E-state index contributed by atoms with van der Waals surface area (Å²) in [5, 5.41) is -2.06. The van der Waals surface area contributed by atoms with Crippen LogP contribution in [-0.2, 0) is 48.3 Å². The van der Waals surface area contributed by atoms with Crippen molar-refractivity contribution in [1.29, 1.82) is 0 Å². The van der Waals surface area contributed by atoms with E-state index in [0.29, 0.717) is 0 Å². The van der Waals surface area contributed by atoms with Crippen molar-refractivity contribution in [3.8, 4) is 0 Å². The van der Waals surface area contributed by atoms with Gasteiger partial charge in [-0.05, 0) is 30.7 Å². The van der Waals surface area contributed by atoms with Gasteiger partial charge in [0, 0.05) is 12.0 Å². The van der Waals surface area contributed by atoms with Gasteiger partial charge in [0.1, 0.15) is 5.25 Å². The number of carbonyl (C=O) groups is 3. The van der Waals surface area contributed by atoms with Crippen LogP contribution in [0, 0.1) is 5.41 Å². The van der Waals surface area contributed by atoms with Crippen molar-refractivity contribution in [3.05, 3.63) is 84.3 Å². The molecule has 38 heavy (non-hydrogen) atoms. The molecular weight excluding hydrogens is 536 g/mol. The average Bonchev–Trinajstić information content (AvgIpc) is 2.94. The van der Waals surface area contributed by atoms with Crippen LogP contribution in [0.4, 0.5) is 0 Å². The highest BCUT2D eigenvalue weighted by molar-refractivity contribution is 7.98. The Balaban J connectivity index is 2.85. The first-order valence-electron chi connectivity index (χ1n) is 11.0. The third kappa shape index (κ3) is 6.03. The van der Waals surface area contributed by atoms with Crippen LogP contribution < -0.4 is 0 Å². The Labute approximate surface area is 221 Å². The Kier molecular flexibility index (Phi) is 9.76. The molecule has 0 heterocycles. The number of carbonyl (C=O) groups excluding carboxylic acids is 3. The van der Waals surface area contributed by atoms with Crippen molar-refractivity contribution in [2.24, 2.45) is 5.41 Å². The molecule has 0 saturated carbocycles. The standard InChI is InChI=1S/C26H28O10S2/c1-18(23(27)34-3)16-26(24(28)35-4,25(29)36-5)17-22(38(32,33)21-14-10-7-11-15-21)19(2)37(30,31)20-12-8-6-9-13-20/h6-15,22H,1-2,16-17H2,3-5H3. The van der Waals surface area contributed by atoms with Gasteiger partial charge in [-0.3, -0.25) is 9.59 Å². The molecule has 2 aromatic carbocycles. The molecule has 1 unspecified atom stereocenters. The van der Waals surface area contributed by atoms with E-state index in [0.717, 1.165) is 21.3 Å². The van der Waals surface area contributed by atoms with Gasteiger partial charge in [-0.25, -0.2) is 21.6 Å². The normalized spacial score (nSPS) is 12.6. The van der Waals surface area contributed by atoms with E-state index in [4.69, 9.17) is 9.47 Å². The van der Waals surface area contributed by atoms with Gasteiger partial charge in [0.05, 0.1) is 36.0 Å². The summed E-state index contributed by atoms with van der Waals surface area (Å²) in [6.45, 7) is 7.13. The summed E-state index contributed by atoms with van der Waals surface area (Å²) in [4.78, 5) is 37.1. The largest absolute Gasteiger partial charge is 0.468 e. The first-order valence-corrected chi connectivity index (χ1v) is 14.0. The fourth-order valence-electron chi connectivity index (χ4n) is 3.85. The third-order valence-corrected chi connectivity index (χ3v) is 10.0.